The number of hydrazine groups is 1. The number of hydrogen-bond acceptors (Lipinski definition) is 6. The number of nitrogens with zero attached hydrogens (tertiary/aromatic N) is 2. The molecule has 0 amide bonds. The van der Waals surface area contributed by atoms with Gasteiger partial charge in [0.25, 0.3) is 0 Å². The standard InChI is InChI=1S/C20H26N4O3/c21-23-11-22-7-1-8-24-9-6-20-13-3-5-16(26)19(20)27-18-15(25)4-2-12(17(18)20)10-14(13)24/h2-5,11,13-14,16,19,25-26H,1,6-10,21H2,(H,22,23)/t13-,14+,16-,19-,20-/m0/s1. The van der Waals surface area contributed by atoms with Gasteiger partial charge in [0, 0.05) is 36.0 Å². The number of likely N-dealkylation sites (tertiary alicyclic amines) is 1. The second kappa shape index (κ2) is 6.22. The molecule has 0 aromatic heterocycles. The minimum Gasteiger partial charge on any atom is -0.504 e. The highest BCUT2D eigenvalue weighted by molar-refractivity contribution is 5.61. The number of nitrogens with two attached hydrogens (primary N) is 1. The Bertz CT molecular complexity index is 811. The van der Waals surface area contributed by atoms with Gasteiger partial charge in [-0.2, -0.15) is 0 Å². The maximum Gasteiger partial charge on any atom is 0.165 e. The Morgan fingerprint density at radius 2 is 2.30 bits per heavy atom. The summed E-state index contributed by atoms with van der Waals surface area (Å²) in [7, 11) is 0. The van der Waals surface area contributed by atoms with Crippen LogP contribution in [-0.4, -0.2) is 59.3 Å². The van der Waals surface area contributed by atoms with Crippen LogP contribution in [0.1, 0.15) is 24.0 Å². The fourth-order valence-electron chi connectivity index (χ4n) is 5.89. The van der Waals surface area contributed by atoms with Crippen molar-refractivity contribution in [3.05, 3.63) is 35.4 Å². The molecule has 5 rings (SSSR count). The molecule has 144 valence electrons. The third kappa shape index (κ3) is 2.28. The van der Waals surface area contributed by atoms with Crippen LogP contribution in [0.4, 0.5) is 0 Å². The van der Waals surface area contributed by atoms with E-state index in [1.54, 1.807) is 6.07 Å². The maximum absolute atomic E-state index is 10.6. The number of aliphatic hydroxyl groups excluding tert-OH is 1. The summed E-state index contributed by atoms with van der Waals surface area (Å²) in [6, 6.07) is 4.15. The van der Waals surface area contributed by atoms with E-state index in [0.29, 0.717) is 17.7 Å². The number of benzene rings is 1. The number of ether oxygens (including phenoxy) is 1. The van der Waals surface area contributed by atoms with Crippen molar-refractivity contribution in [3.8, 4) is 11.5 Å². The predicted molar refractivity (Wildman–Crippen MR) is 102 cm³/mol. The fourth-order valence-corrected chi connectivity index (χ4v) is 5.89. The first-order chi connectivity index (χ1) is 13.2. The summed E-state index contributed by atoms with van der Waals surface area (Å²) in [6.45, 7) is 2.70. The summed E-state index contributed by atoms with van der Waals surface area (Å²) in [5.41, 5.74) is 4.61. The average Bonchev–Trinajstić information content (AvgIpc) is 3.02. The maximum atomic E-state index is 10.6. The molecule has 7 nitrogen and oxygen atoms in total. The minimum absolute atomic E-state index is 0.190. The van der Waals surface area contributed by atoms with Crippen molar-refractivity contribution in [2.45, 2.75) is 42.9 Å². The molecule has 27 heavy (non-hydrogen) atoms. The van der Waals surface area contributed by atoms with E-state index in [2.05, 4.69) is 21.4 Å². The number of aliphatic imine (C=N–C) groups is 1. The molecule has 0 saturated carbocycles. The molecule has 7 heteroatoms. The predicted octanol–water partition coefficient (Wildman–Crippen LogP) is 0.450. The van der Waals surface area contributed by atoms with Crippen LogP contribution >= 0.6 is 0 Å². The van der Waals surface area contributed by atoms with E-state index in [4.69, 9.17) is 10.6 Å². The van der Waals surface area contributed by atoms with E-state index in [9.17, 15) is 10.2 Å². The van der Waals surface area contributed by atoms with Gasteiger partial charge in [0.05, 0.1) is 6.34 Å². The lowest BCUT2D eigenvalue weighted by Crippen LogP contribution is -2.65. The topological polar surface area (TPSA) is 103 Å². The van der Waals surface area contributed by atoms with Gasteiger partial charge >= 0.3 is 0 Å². The van der Waals surface area contributed by atoms with Crippen molar-refractivity contribution in [3.63, 3.8) is 0 Å². The summed E-state index contributed by atoms with van der Waals surface area (Å²) in [4.78, 5) is 6.79. The first-order valence-corrected chi connectivity index (χ1v) is 9.73. The minimum atomic E-state index is -0.635. The summed E-state index contributed by atoms with van der Waals surface area (Å²) >= 11 is 0. The van der Waals surface area contributed by atoms with Gasteiger partial charge in [-0.15, -0.1) is 0 Å². The van der Waals surface area contributed by atoms with Gasteiger partial charge in [0.1, 0.15) is 12.2 Å². The third-order valence-corrected chi connectivity index (χ3v) is 6.89. The third-order valence-electron chi connectivity index (χ3n) is 6.89. The Labute approximate surface area is 158 Å². The summed E-state index contributed by atoms with van der Waals surface area (Å²) in [5, 5.41) is 21.0. The Kier molecular flexibility index (Phi) is 3.93. The van der Waals surface area contributed by atoms with Crippen molar-refractivity contribution >= 4 is 6.34 Å². The molecule has 1 spiro atoms. The van der Waals surface area contributed by atoms with Crippen LogP contribution in [0.5, 0.6) is 11.5 Å². The zero-order valence-electron chi connectivity index (χ0n) is 15.2. The normalized spacial score (nSPS) is 35.9. The highest BCUT2D eigenvalue weighted by atomic mass is 16.5. The highest BCUT2D eigenvalue weighted by Crippen LogP contribution is 2.62. The van der Waals surface area contributed by atoms with Gasteiger partial charge in [-0.25, -0.2) is 5.84 Å². The molecule has 1 fully saturated rings. The van der Waals surface area contributed by atoms with Crippen LogP contribution in [0.2, 0.25) is 0 Å². The average molecular weight is 370 g/mol. The largest absolute Gasteiger partial charge is 0.504 e. The first kappa shape index (κ1) is 17.0. The zero-order chi connectivity index (χ0) is 18.6. The Hall–Kier alpha value is -2.09. The lowest BCUT2D eigenvalue weighted by molar-refractivity contribution is -0.0516. The van der Waals surface area contributed by atoms with Crippen LogP contribution < -0.4 is 16.0 Å². The quantitative estimate of drug-likeness (QED) is 0.150. The van der Waals surface area contributed by atoms with E-state index in [1.165, 1.54) is 11.9 Å². The molecular formula is C20H26N4O3. The highest BCUT2D eigenvalue weighted by Gasteiger charge is 2.64. The van der Waals surface area contributed by atoms with Gasteiger partial charge in [-0.3, -0.25) is 9.89 Å². The second-order valence-electron chi connectivity index (χ2n) is 8.04. The van der Waals surface area contributed by atoms with Crippen molar-refractivity contribution in [2.24, 2.45) is 16.8 Å². The molecule has 2 aliphatic carbocycles. The van der Waals surface area contributed by atoms with E-state index in [0.717, 1.165) is 44.5 Å². The lowest BCUT2D eigenvalue weighted by atomic mass is 9.53. The van der Waals surface area contributed by atoms with Gasteiger partial charge < -0.3 is 20.4 Å². The van der Waals surface area contributed by atoms with Gasteiger partial charge in [0.2, 0.25) is 0 Å². The van der Waals surface area contributed by atoms with E-state index in [-0.39, 0.29) is 17.3 Å². The van der Waals surface area contributed by atoms with E-state index in [1.807, 2.05) is 12.1 Å². The van der Waals surface area contributed by atoms with Crippen molar-refractivity contribution in [2.75, 3.05) is 19.6 Å². The molecule has 2 aliphatic heterocycles. The van der Waals surface area contributed by atoms with Crippen LogP contribution in [0.3, 0.4) is 0 Å². The van der Waals surface area contributed by atoms with Gasteiger partial charge in [-0.1, -0.05) is 18.2 Å². The fraction of sp³-hybridized carbons (Fsp3) is 0.550. The Balaban J connectivity index is 1.49. The van der Waals surface area contributed by atoms with E-state index < -0.39 is 6.10 Å². The molecule has 5 N–H and O–H groups in total. The molecule has 4 aliphatic rings. The molecule has 5 atom stereocenters. The molecule has 0 unspecified atom stereocenters. The number of phenols is 1. The zero-order valence-corrected chi connectivity index (χ0v) is 15.2. The first-order valence-electron chi connectivity index (χ1n) is 9.73. The second-order valence-corrected chi connectivity index (χ2v) is 8.04. The number of piperidine rings is 1. The number of nitrogens with one attached hydrogen (secondary N) is 1. The molecule has 1 aromatic carbocycles. The molecule has 2 heterocycles. The number of rotatable bonds is 5. The SMILES string of the molecule is NNC=NCCCN1CC[C@]23c4c5ccc(O)c4O[C@H]2[C@@H](O)C=C[C@H]3[C@H]1C5. The van der Waals surface area contributed by atoms with Crippen molar-refractivity contribution < 1.29 is 14.9 Å². The van der Waals surface area contributed by atoms with Crippen LogP contribution in [0.15, 0.2) is 29.3 Å². The van der Waals surface area contributed by atoms with Crippen molar-refractivity contribution in [1.29, 1.82) is 0 Å². The smallest absolute Gasteiger partial charge is 0.165 e. The Morgan fingerprint density at radius 1 is 1.41 bits per heavy atom. The molecular weight excluding hydrogens is 344 g/mol. The Morgan fingerprint density at radius 3 is 3.15 bits per heavy atom. The summed E-state index contributed by atoms with van der Waals surface area (Å²) in [5.74, 6) is 6.29. The van der Waals surface area contributed by atoms with Crippen LogP contribution in [-0.2, 0) is 11.8 Å². The van der Waals surface area contributed by atoms with Gasteiger partial charge in [-0.05, 0) is 37.4 Å². The van der Waals surface area contributed by atoms with Crippen LogP contribution in [0.25, 0.3) is 0 Å². The number of hydrogen-bond donors (Lipinski definition) is 4. The molecule has 2 bridgehead atoms. The monoisotopic (exact) mass is 370 g/mol. The lowest BCUT2D eigenvalue weighted by Gasteiger charge is -2.57. The number of phenolic OH excluding ortho intramolecular Hbond substituents is 1. The number of aromatic hydroxyl groups is 1. The van der Waals surface area contributed by atoms with Gasteiger partial charge in [0.15, 0.2) is 11.5 Å². The molecule has 1 aromatic rings. The van der Waals surface area contributed by atoms with Crippen LogP contribution in [0, 0.1) is 5.92 Å². The number of aliphatic hydroxyl groups is 1. The van der Waals surface area contributed by atoms with E-state index >= 15 is 0 Å². The molecule has 1 saturated heterocycles. The van der Waals surface area contributed by atoms with Crippen molar-refractivity contribution in [1.82, 2.24) is 10.3 Å². The summed E-state index contributed by atoms with van der Waals surface area (Å²) in [6.07, 6.45) is 7.52. The summed E-state index contributed by atoms with van der Waals surface area (Å²) < 4.78 is 6.17. The molecule has 0 radical (unpaired) electrons.